The van der Waals surface area contributed by atoms with Gasteiger partial charge in [0.15, 0.2) is 0 Å². The summed E-state index contributed by atoms with van der Waals surface area (Å²) in [4.78, 5) is 12.7. The van der Waals surface area contributed by atoms with Crippen LogP contribution in [0, 0.1) is 11.3 Å². The molecule has 0 bridgehead atoms. The van der Waals surface area contributed by atoms with E-state index < -0.39 is 5.97 Å². The Morgan fingerprint density at radius 1 is 1.31 bits per heavy atom. The minimum Gasteiger partial charge on any atom is -0.480 e. The Hall–Kier alpha value is -0.610. The Labute approximate surface area is 96.3 Å². The topological polar surface area (TPSA) is 60.8 Å². The molecule has 2 rings (SSSR count). The maximum Gasteiger partial charge on any atom is 0.317 e. The van der Waals surface area contributed by atoms with Crippen molar-refractivity contribution in [2.75, 3.05) is 26.2 Å². The summed E-state index contributed by atoms with van der Waals surface area (Å²) in [6.45, 7) is 1.95. The van der Waals surface area contributed by atoms with Crippen LogP contribution < -0.4 is 0 Å². The lowest BCUT2D eigenvalue weighted by Crippen LogP contribution is -2.35. The number of carboxylic acids is 1. The maximum absolute atomic E-state index is 10.7. The molecule has 2 fully saturated rings. The van der Waals surface area contributed by atoms with Gasteiger partial charge in [-0.05, 0) is 18.3 Å². The van der Waals surface area contributed by atoms with Crippen molar-refractivity contribution in [3.05, 3.63) is 0 Å². The average molecular weight is 227 g/mol. The summed E-state index contributed by atoms with van der Waals surface area (Å²) < 4.78 is 0. The summed E-state index contributed by atoms with van der Waals surface area (Å²) in [5, 5.41) is 18.3. The zero-order valence-electron chi connectivity index (χ0n) is 9.69. The number of hydrogen-bond donors (Lipinski definition) is 2. The standard InChI is InChI=1S/C12H21NO3/c14-8-10-6-13(7-11(15)16)9-12(10)4-2-1-3-5-12/h10,14H,1-9H2,(H,15,16). The zero-order chi connectivity index (χ0) is 11.6. The third-order valence-electron chi connectivity index (χ3n) is 4.31. The van der Waals surface area contributed by atoms with E-state index in [0.717, 1.165) is 25.9 Å². The highest BCUT2D eigenvalue weighted by Gasteiger charge is 2.46. The van der Waals surface area contributed by atoms with Gasteiger partial charge in [0.25, 0.3) is 0 Å². The van der Waals surface area contributed by atoms with Crippen molar-refractivity contribution >= 4 is 5.97 Å². The van der Waals surface area contributed by atoms with Gasteiger partial charge in [-0.2, -0.15) is 0 Å². The van der Waals surface area contributed by atoms with E-state index in [1.54, 1.807) is 0 Å². The summed E-state index contributed by atoms with van der Waals surface area (Å²) in [5.41, 5.74) is 0.211. The molecule has 1 atom stereocenters. The number of rotatable bonds is 3. The number of carbonyl (C=O) groups is 1. The van der Waals surface area contributed by atoms with Crippen LogP contribution in [-0.4, -0.2) is 47.3 Å². The highest BCUT2D eigenvalue weighted by molar-refractivity contribution is 5.69. The quantitative estimate of drug-likeness (QED) is 0.753. The maximum atomic E-state index is 10.7. The third-order valence-corrected chi connectivity index (χ3v) is 4.31. The smallest absolute Gasteiger partial charge is 0.317 e. The first-order valence-electron chi connectivity index (χ1n) is 6.21. The van der Waals surface area contributed by atoms with Gasteiger partial charge in [-0.25, -0.2) is 0 Å². The predicted molar refractivity (Wildman–Crippen MR) is 60.2 cm³/mol. The van der Waals surface area contributed by atoms with E-state index in [4.69, 9.17) is 5.11 Å². The van der Waals surface area contributed by atoms with Gasteiger partial charge < -0.3 is 10.2 Å². The molecule has 1 aliphatic carbocycles. The largest absolute Gasteiger partial charge is 0.480 e. The first-order valence-corrected chi connectivity index (χ1v) is 6.21. The monoisotopic (exact) mass is 227 g/mol. The molecule has 4 nitrogen and oxygen atoms in total. The van der Waals surface area contributed by atoms with Crippen LogP contribution in [0.4, 0.5) is 0 Å². The molecule has 1 aliphatic heterocycles. The second-order valence-corrected chi connectivity index (χ2v) is 5.37. The molecule has 4 heteroatoms. The van der Waals surface area contributed by atoms with Crippen molar-refractivity contribution in [1.82, 2.24) is 4.90 Å². The van der Waals surface area contributed by atoms with Crippen LogP contribution in [0.5, 0.6) is 0 Å². The Morgan fingerprint density at radius 2 is 2.00 bits per heavy atom. The van der Waals surface area contributed by atoms with Crippen LogP contribution in [0.25, 0.3) is 0 Å². The molecule has 0 aromatic carbocycles. The predicted octanol–water partition coefficient (Wildman–Crippen LogP) is 0.946. The van der Waals surface area contributed by atoms with E-state index in [2.05, 4.69) is 0 Å². The molecule has 1 saturated carbocycles. The third kappa shape index (κ3) is 2.23. The Kier molecular flexibility index (Phi) is 3.50. The molecule has 1 saturated heterocycles. The van der Waals surface area contributed by atoms with E-state index in [-0.39, 0.29) is 24.5 Å². The number of carboxylic acid groups (broad SMARTS) is 1. The normalized spacial score (nSPS) is 29.7. The van der Waals surface area contributed by atoms with Gasteiger partial charge >= 0.3 is 5.97 Å². The van der Waals surface area contributed by atoms with Gasteiger partial charge in [0.1, 0.15) is 0 Å². The van der Waals surface area contributed by atoms with E-state index in [0.29, 0.717) is 0 Å². The van der Waals surface area contributed by atoms with E-state index in [1.807, 2.05) is 4.90 Å². The number of aliphatic hydroxyl groups is 1. The van der Waals surface area contributed by atoms with Crippen molar-refractivity contribution in [3.8, 4) is 0 Å². The van der Waals surface area contributed by atoms with Gasteiger partial charge in [-0.3, -0.25) is 9.69 Å². The van der Waals surface area contributed by atoms with Gasteiger partial charge in [0.2, 0.25) is 0 Å². The molecule has 1 spiro atoms. The summed E-state index contributed by atoms with van der Waals surface area (Å²) in [6.07, 6.45) is 6.08. The van der Waals surface area contributed by atoms with Crippen molar-refractivity contribution in [2.45, 2.75) is 32.1 Å². The van der Waals surface area contributed by atoms with Gasteiger partial charge in [0, 0.05) is 25.6 Å². The molecule has 16 heavy (non-hydrogen) atoms. The van der Waals surface area contributed by atoms with Crippen LogP contribution in [0.2, 0.25) is 0 Å². The molecular formula is C12H21NO3. The van der Waals surface area contributed by atoms with E-state index in [9.17, 15) is 9.90 Å². The molecule has 0 aromatic rings. The van der Waals surface area contributed by atoms with E-state index >= 15 is 0 Å². The molecule has 0 aromatic heterocycles. The van der Waals surface area contributed by atoms with E-state index in [1.165, 1.54) is 19.3 Å². The lowest BCUT2D eigenvalue weighted by Gasteiger charge is -2.37. The van der Waals surface area contributed by atoms with Crippen LogP contribution in [-0.2, 0) is 4.79 Å². The number of aliphatic carboxylic acids is 1. The molecule has 2 aliphatic rings. The summed E-state index contributed by atoms with van der Waals surface area (Å²) in [7, 11) is 0. The Balaban J connectivity index is 2.03. The highest BCUT2D eigenvalue weighted by Crippen LogP contribution is 2.47. The molecule has 0 amide bonds. The van der Waals surface area contributed by atoms with Crippen molar-refractivity contribution < 1.29 is 15.0 Å². The van der Waals surface area contributed by atoms with Gasteiger partial charge in [-0.1, -0.05) is 19.3 Å². The van der Waals surface area contributed by atoms with Crippen molar-refractivity contribution in [1.29, 1.82) is 0 Å². The van der Waals surface area contributed by atoms with Crippen LogP contribution in [0.15, 0.2) is 0 Å². The molecule has 2 N–H and O–H groups in total. The fraction of sp³-hybridized carbons (Fsp3) is 0.917. The second kappa shape index (κ2) is 4.72. The lowest BCUT2D eigenvalue weighted by atomic mass is 9.68. The summed E-state index contributed by atoms with van der Waals surface area (Å²) in [5.74, 6) is -0.475. The van der Waals surface area contributed by atoms with Crippen molar-refractivity contribution in [3.63, 3.8) is 0 Å². The van der Waals surface area contributed by atoms with Gasteiger partial charge in [0.05, 0.1) is 6.54 Å². The van der Waals surface area contributed by atoms with Crippen LogP contribution >= 0.6 is 0 Å². The molecule has 92 valence electrons. The first-order chi connectivity index (χ1) is 7.66. The number of aliphatic hydroxyl groups excluding tert-OH is 1. The molecule has 1 unspecified atom stereocenters. The summed E-state index contributed by atoms with van der Waals surface area (Å²) >= 11 is 0. The first kappa shape index (κ1) is 11.9. The Morgan fingerprint density at radius 3 is 2.56 bits per heavy atom. The minimum atomic E-state index is -0.760. The fourth-order valence-electron chi connectivity index (χ4n) is 3.53. The molecular weight excluding hydrogens is 206 g/mol. The number of likely N-dealkylation sites (tertiary alicyclic amines) is 1. The lowest BCUT2D eigenvalue weighted by molar-refractivity contribution is -0.138. The number of nitrogens with zero attached hydrogens (tertiary/aromatic N) is 1. The minimum absolute atomic E-state index is 0.123. The Bertz CT molecular complexity index is 261. The zero-order valence-corrected chi connectivity index (χ0v) is 9.69. The fourth-order valence-corrected chi connectivity index (χ4v) is 3.53. The van der Waals surface area contributed by atoms with Gasteiger partial charge in [-0.15, -0.1) is 0 Å². The van der Waals surface area contributed by atoms with Crippen molar-refractivity contribution in [2.24, 2.45) is 11.3 Å². The highest BCUT2D eigenvalue weighted by atomic mass is 16.4. The summed E-state index contributed by atoms with van der Waals surface area (Å²) in [6, 6.07) is 0. The molecule has 1 heterocycles. The van der Waals surface area contributed by atoms with Crippen LogP contribution in [0.1, 0.15) is 32.1 Å². The number of hydrogen-bond acceptors (Lipinski definition) is 3. The van der Waals surface area contributed by atoms with Crippen LogP contribution in [0.3, 0.4) is 0 Å². The SMILES string of the molecule is O=C(O)CN1CC(CO)C2(CCCCC2)C1. The average Bonchev–Trinajstić information content (AvgIpc) is 2.56. The second-order valence-electron chi connectivity index (χ2n) is 5.37. The molecule has 0 radical (unpaired) electrons.